The van der Waals surface area contributed by atoms with Gasteiger partial charge < -0.3 is 19.9 Å². The van der Waals surface area contributed by atoms with Crippen LogP contribution in [0.4, 0.5) is 0 Å². The van der Waals surface area contributed by atoms with Gasteiger partial charge in [-0.2, -0.15) is 0 Å². The molecular formula is C25H38N2O4. The molecule has 0 aromatic heterocycles. The molecule has 2 saturated carbocycles. The molecule has 1 aromatic carbocycles. The molecule has 1 amide bonds. The lowest BCUT2D eigenvalue weighted by Crippen LogP contribution is -2.56. The first-order valence-corrected chi connectivity index (χ1v) is 12.0. The van der Waals surface area contributed by atoms with Crippen LogP contribution in [0.15, 0.2) is 18.2 Å². The third-order valence-electron chi connectivity index (χ3n) is 7.74. The molecule has 2 N–H and O–H groups in total. The van der Waals surface area contributed by atoms with Gasteiger partial charge in [-0.1, -0.05) is 38.2 Å². The first-order chi connectivity index (χ1) is 15.0. The van der Waals surface area contributed by atoms with Crippen LogP contribution in [-0.4, -0.2) is 54.9 Å². The summed E-state index contributed by atoms with van der Waals surface area (Å²) in [4.78, 5) is 15.2. The molecule has 2 aliphatic carbocycles. The summed E-state index contributed by atoms with van der Waals surface area (Å²) in [5.41, 5.74) is 0.444. The molecule has 1 aliphatic heterocycles. The van der Waals surface area contributed by atoms with Crippen molar-refractivity contribution in [3.05, 3.63) is 23.8 Å². The van der Waals surface area contributed by atoms with Gasteiger partial charge in [0, 0.05) is 24.5 Å². The number of amides is 1. The van der Waals surface area contributed by atoms with Gasteiger partial charge in [-0.3, -0.25) is 9.69 Å². The molecule has 172 valence electrons. The van der Waals surface area contributed by atoms with Crippen LogP contribution in [0.2, 0.25) is 0 Å². The Hall–Kier alpha value is -1.79. The molecule has 0 spiro atoms. The number of hydrogen-bond acceptors (Lipinski definition) is 5. The Balaban J connectivity index is 1.58. The predicted octanol–water partition coefficient (Wildman–Crippen LogP) is 3.82. The topological polar surface area (TPSA) is 71.0 Å². The van der Waals surface area contributed by atoms with E-state index in [4.69, 9.17) is 9.47 Å². The van der Waals surface area contributed by atoms with Crippen molar-refractivity contribution in [3.63, 3.8) is 0 Å². The number of likely N-dealkylation sites (tertiary alicyclic amines) is 1. The Bertz CT molecular complexity index is 764. The summed E-state index contributed by atoms with van der Waals surface area (Å²) in [6, 6.07) is 6.34. The van der Waals surface area contributed by atoms with E-state index >= 15 is 0 Å². The Morgan fingerprint density at radius 3 is 2.55 bits per heavy atom. The van der Waals surface area contributed by atoms with Gasteiger partial charge in [-0.15, -0.1) is 0 Å². The molecule has 6 heteroatoms. The largest absolute Gasteiger partial charge is 0.493 e. The molecule has 1 saturated heterocycles. The fraction of sp³-hybridized carbons (Fsp3) is 0.720. The quantitative estimate of drug-likeness (QED) is 0.718. The lowest BCUT2D eigenvalue weighted by atomic mass is 9.66. The lowest BCUT2D eigenvalue weighted by molar-refractivity contribution is -0.138. The number of hydrogen-bond donors (Lipinski definition) is 2. The summed E-state index contributed by atoms with van der Waals surface area (Å²) in [7, 11) is 3.29. The van der Waals surface area contributed by atoms with E-state index in [1.807, 2.05) is 12.1 Å². The molecule has 31 heavy (non-hydrogen) atoms. The standard InChI is InChI=1S/C25H38N2O4/c1-30-21-12-11-18(16-22(21)31-2)24-20-10-6-7-13-25(20,29)14-15-27(24)17-23(28)26-19-8-4-3-5-9-19/h11-12,16,19-20,24,29H,3-10,13-15,17H2,1-2H3,(H,26,28)/t20-,24+,25-/m1/s1. The minimum Gasteiger partial charge on any atom is -0.493 e. The van der Waals surface area contributed by atoms with Crippen molar-refractivity contribution in [3.8, 4) is 11.5 Å². The number of nitrogens with one attached hydrogen (secondary N) is 1. The summed E-state index contributed by atoms with van der Waals surface area (Å²) < 4.78 is 11.0. The predicted molar refractivity (Wildman–Crippen MR) is 120 cm³/mol. The van der Waals surface area contributed by atoms with Gasteiger partial charge >= 0.3 is 0 Å². The van der Waals surface area contributed by atoms with Gasteiger partial charge in [0.15, 0.2) is 11.5 Å². The highest BCUT2D eigenvalue weighted by Gasteiger charge is 2.49. The van der Waals surface area contributed by atoms with Gasteiger partial charge in [0.1, 0.15) is 0 Å². The maximum Gasteiger partial charge on any atom is 0.234 e. The van der Waals surface area contributed by atoms with Crippen LogP contribution in [0.25, 0.3) is 0 Å². The first kappa shape index (κ1) is 22.4. The second-order valence-electron chi connectivity index (χ2n) is 9.64. The SMILES string of the molecule is COc1ccc([C@H]2[C@H]3CCCC[C@@]3(O)CCN2CC(=O)NC2CCCCC2)cc1OC. The lowest BCUT2D eigenvalue weighted by Gasteiger charge is -2.52. The van der Waals surface area contributed by atoms with E-state index in [2.05, 4.69) is 16.3 Å². The highest BCUT2D eigenvalue weighted by molar-refractivity contribution is 5.78. The molecule has 1 heterocycles. The van der Waals surface area contributed by atoms with Crippen molar-refractivity contribution < 1.29 is 19.4 Å². The summed E-state index contributed by atoms with van der Waals surface area (Å²) in [5, 5.41) is 14.8. The van der Waals surface area contributed by atoms with Gasteiger partial charge in [-0.25, -0.2) is 0 Å². The van der Waals surface area contributed by atoms with Crippen LogP contribution < -0.4 is 14.8 Å². The Kier molecular flexibility index (Phi) is 7.07. The summed E-state index contributed by atoms with van der Waals surface area (Å²) in [6.45, 7) is 1.10. The van der Waals surface area contributed by atoms with E-state index < -0.39 is 5.60 Å². The number of benzene rings is 1. The number of ether oxygens (including phenoxy) is 2. The van der Waals surface area contributed by atoms with Crippen molar-refractivity contribution in [1.29, 1.82) is 0 Å². The summed E-state index contributed by atoms with van der Waals surface area (Å²) in [5.74, 6) is 1.62. The van der Waals surface area contributed by atoms with Gasteiger partial charge in [0.25, 0.3) is 0 Å². The number of carbonyl (C=O) groups is 1. The van der Waals surface area contributed by atoms with Gasteiger partial charge in [0.2, 0.25) is 5.91 Å². The molecule has 0 radical (unpaired) electrons. The second-order valence-corrected chi connectivity index (χ2v) is 9.64. The van der Waals surface area contributed by atoms with Crippen LogP contribution in [0.1, 0.15) is 75.8 Å². The molecule has 4 rings (SSSR count). The minimum atomic E-state index is -0.646. The number of piperidine rings is 1. The number of nitrogens with zero attached hydrogens (tertiary/aromatic N) is 1. The Labute approximate surface area is 186 Å². The van der Waals surface area contributed by atoms with Gasteiger partial charge in [0.05, 0.1) is 26.4 Å². The zero-order valence-corrected chi connectivity index (χ0v) is 19.1. The number of methoxy groups -OCH3 is 2. The van der Waals surface area contributed by atoms with Crippen molar-refractivity contribution in [2.75, 3.05) is 27.3 Å². The monoisotopic (exact) mass is 430 g/mol. The van der Waals surface area contributed by atoms with Crippen molar-refractivity contribution in [2.45, 2.75) is 81.9 Å². The molecule has 0 unspecified atom stereocenters. The van der Waals surface area contributed by atoms with E-state index in [0.29, 0.717) is 24.1 Å². The van der Waals surface area contributed by atoms with Crippen LogP contribution in [0.3, 0.4) is 0 Å². The van der Waals surface area contributed by atoms with Crippen LogP contribution in [0.5, 0.6) is 11.5 Å². The van der Waals surface area contributed by atoms with E-state index in [1.54, 1.807) is 14.2 Å². The first-order valence-electron chi connectivity index (χ1n) is 12.0. The van der Waals surface area contributed by atoms with E-state index in [-0.39, 0.29) is 17.9 Å². The van der Waals surface area contributed by atoms with E-state index in [1.165, 1.54) is 19.3 Å². The second kappa shape index (κ2) is 9.78. The Morgan fingerprint density at radius 1 is 1.06 bits per heavy atom. The van der Waals surface area contributed by atoms with E-state index in [0.717, 1.165) is 57.1 Å². The zero-order valence-electron chi connectivity index (χ0n) is 19.1. The molecule has 3 atom stereocenters. The van der Waals surface area contributed by atoms with Crippen molar-refractivity contribution in [2.24, 2.45) is 5.92 Å². The zero-order chi connectivity index (χ0) is 21.8. The third-order valence-corrected chi connectivity index (χ3v) is 7.74. The maximum absolute atomic E-state index is 13.0. The molecule has 1 aromatic rings. The minimum absolute atomic E-state index is 0.00374. The summed E-state index contributed by atoms with van der Waals surface area (Å²) >= 11 is 0. The highest BCUT2D eigenvalue weighted by atomic mass is 16.5. The number of aliphatic hydroxyl groups is 1. The number of carbonyl (C=O) groups excluding carboxylic acids is 1. The number of rotatable bonds is 6. The third kappa shape index (κ3) is 4.85. The number of fused-ring (bicyclic) bond motifs is 1. The molecule has 0 bridgehead atoms. The average molecular weight is 431 g/mol. The molecular weight excluding hydrogens is 392 g/mol. The fourth-order valence-corrected chi connectivity index (χ4v) is 6.10. The molecule has 3 fully saturated rings. The molecule has 6 nitrogen and oxygen atoms in total. The highest BCUT2D eigenvalue weighted by Crippen LogP contribution is 2.50. The van der Waals surface area contributed by atoms with Crippen LogP contribution in [0, 0.1) is 5.92 Å². The normalized spacial score (nSPS) is 29.8. The van der Waals surface area contributed by atoms with E-state index in [9.17, 15) is 9.90 Å². The average Bonchev–Trinajstić information content (AvgIpc) is 2.79. The maximum atomic E-state index is 13.0. The van der Waals surface area contributed by atoms with Crippen LogP contribution >= 0.6 is 0 Å². The van der Waals surface area contributed by atoms with Crippen molar-refractivity contribution >= 4 is 5.91 Å². The summed E-state index contributed by atoms with van der Waals surface area (Å²) in [6.07, 6.45) is 10.6. The van der Waals surface area contributed by atoms with Crippen molar-refractivity contribution in [1.82, 2.24) is 10.2 Å². The molecule has 3 aliphatic rings. The van der Waals surface area contributed by atoms with Crippen LogP contribution in [-0.2, 0) is 4.79 Å². The smallest absolute Gasteiger partial charge is 0.234 e. The van der Waals surface area contributed by atoms with Gasteiger partial charge in [-0.05, 0) is 49.8 Å². The Morgan fingerprint density at radius 2 is 1.81 bits per heavy atom. The fourth-order valence-electron chi connectivity index (χ4n) is 6.10.